The lowest BCUT2D eigenvalue weighted by molar-refractivity contribution is -0.176. The van der Waals surface area contributed by atoms with Gasteiger partial charge >= 0.3 is 5.97 Å². The highest BCUT2D eigenvalue weighted by Gasteiger charge is 2.38. The van der Waals surface area contributed by atoms with E-state index < -0.39 is 5.60 Å². The molecule has 5 nitrogen and oxygen atoms in total. The Morgan fingerprint density at radius 1 is 0.826 bits per heavy atom. The molecule has 1 unspecified atom stereocenters. The Labute approximate surface area is 142 Å². The summed E-state index contributed by atoms with van der Waals surface area (Å²) in [6.45, 7) is 11.2. The van der Waals surface area contributed by atoms with Crippen LogP contribution in [-0.2, 0) is 23.7 Å². The fourth-order valence-electron chi connectivity index (χ4n) is 2.25. The Bertz CT molecular complexity index is 283. The summed E-state index contributed by atoms with van der Waals surface area (Å²) in [5.41, 5.74) is -0.826. The van der Waals surface area contributed by atoms with Crippen molar-refractivity contribution in [2.75, 3.05) is 39.6 Å². The smallest absolute Gasteiger partial charge is 0.338 e. The highest BCUT2D eigenvalue weighted by molar-refractivity contribution is 5.79. The van der Waals surface area contributed by atoms with Crippen LogP contribution >= 0.6 is 0 Å². The van der Waals surface area contributed by atoms with E-state index in [1.165, 1.54) is 0 Å². The van der Waals surface area contributed by atoms with E-state index in [0.717, 1.165) is 32.3 Å². The van der Waals surface area contributed by atoms with E-state index in [9.17, 15) is 4.79 Å². The van der Waals surface area contributed by atoms with Gasteiger partial charge in [-0.05, 0) is 26.2 Å². The number of carbonyl (C=O) groups excluding carboxylic acids is 1. The summed E-state index contributed by atoms with van der Waals surface area (Å²) in [7, 11) is 0. The first-order chi connectivity index (χ1) is 11.2. The quantitative estimate of drug-likeness (QED) is 0.318. The van der Waals surface area contributed by atoms with Gasteiger partial charge in [0.05, 0.1) is 33.0 Å². The van der Waals surface area contributed by atoms with E-state index in [1.54, 1.807) is 0 Å². The lowest BCUT2D eigenvalue weighted by atomic mass is 9.93. The van der Waals surface area contributed by atoms with E-state index in [2.05, 4.69) is 13.8 Å². The molecule has 0 aliphatic heterocycles. The van der Waals surface area contributed by atoms with E-state index in [4.69, 9.17) is 18.9 Å². The number of rotatable bonds is 16. The molecule has 23 heavy (non-hydrogen) atoms. The SMILES string of the molecule is CCCCOCCOCCOC(CC)(CCCC)C(=O)OCC. The molecule has 0 fully saturated rings. The van der Waals surface area contributed by atoms with Gasteiger partial charge in [-0.25, -0.2) is 4.79 Å². The van der Waals surface area contributed by atoms with Crippen LogP contribution in [0.25, 0.3) is 0 Å². The van der Waals surface area contributed by atoms with E-state index in [-0.39, 0.29) is 5.97 Å². The van der Waals surface area contributed by atoms with Gasteiger partial charge in [0.15, 0.2) is 5.60 Å². The van der Waals surface area contributed by atoms with Crippen molar-refractivity contribution < 1.29 is 23.7 Å². The van der Waals surface area contributed by atoms with Crippen molar-refractivity contribution in [1.29, 1.82) is 0 Å². The number of hydrogen-bond donors (Lipinski definition) is 0. The van der Waals surface area contributed by atoms with E-state index >= 15 is 0 Å². The van der Waals surface area contributed by atoms with Crippen molar-refractivity contribution >= 4 is 5.97 Å². The number of hydrogen-bond acceptors (Lipinski definition) is 5. The molecule has 0 aromatic carbocycles. The minimum atomic E-state index is -0.826. The van der Waals surface area contributed by atoms with Gasteiger partial charge in [0, 0.05) is 6.61 Å². The molecule has 0 saturated carbocycles. The predicted molar refractivity (Wildman–Crippen MR) is 91.7 cm³/mol. The van der Waals surface area contributed by atoms with Gasteiger partial charge in [-0.3, -0.25) is 0 Å². The zero-order chi connectivity index (χ0) is 17.4. The third-order valence-electron chi connectivity index (χ3n) is 3.77. The molecule has 0 radical (unpaired) electrons. The second-order valence-electron chi connectivity index (χ2n) is 5.60. The van der Waals surface area contributed by atoms with E-state index in [0.29, 0.717) is 45.9 Å². The lowest BCUT2D eigenvalue weighted by Crippen LogP contribution is -2.43. The van der Waals surface area contributed by atoms with Crippen LogP contribution in [0, 0.1) is 0 Å². The van der Waals surface area contributed by atoms with Crippen LogP contribution in [0.3, 0.4) is 0 Å². The Kier molecular flexibility index (Phi) is 14.5. The maximum absolute atomic E-state index is 12.3. The van der Waals surface area contributed by atoms with Crippen LogP contribution in [0.5, 0.6) is 0 Å². The molecule has 0 aromatic heterocycles. The summed E-state index contributed by atoms with van der Waals surface area (Å²) in [6.07, 6.45) is 5.50. The average Bonchev–Trinajstić information content (AvgIpc) is 2.56. The second kappa shape index (κ2) is 14.9. The topological polar surface area (TPSA) is 54.0 Å². The fraction of sp³-hybridized carbons (Fsp3) is 0.944. The normalized spacial score (nSPS) is 13.7. The number of ether oxygens (including phenoxy) is 4. The Hall–Kier alpha value is -0.650. The maximum Gasteiger partial charge on any atom is 0.338 e. The summed E-state index contributed by atoms with van der Waals surface area (Å²) in [6, 6.07) is 0. The first-order valence-electron chi connectivity index (χ1n) is 9.13. The van der Waals surface area contributed by atoms with Gasteiger partial charge < -0.3 is 18.9 Å². The second-order valence-corrected chi connectivity index (χ2v) is 5.60. The first-order valence-corrected chi connectivity index (χ1v) is 9.13. The van der Waals surface area contributed by atoms with Gasteiger partial charge in [-0.15, -0.1) is 0 Å². The van der Waals surface area contributed by atoms with Crippen molar-refractivity contribution in [3.63, 3.8) is 0 Å². The zero-order valence-corrected chi connectivity index (χ0v) is 15.5. The summed E-state index contributed by atoms with van der Waals surface area (Å²) in [5.74, 6) is -0.251. The Balaban J connectivity index is 4.06. The molecule has 138 valence electrons. The molecule has 5 heteroatoms. The number of carbonyl (C=O) groups is 1. The Morgan fingerprint density at radius 2 is 1.43 bits per heavy atom. The molecule has 0 bridgehead atoms. The molecule has 0 saturated heterocycles. The third kappa shape index (κ3) is 9.95. The van der Waals surface area contributed by atoms with Crippen LogP contribution < -0.4 is 0 Å². The minimum Gasteiger partial charge on any atom is -0.464 e. The zero-order valence-electron chi connectivity index (χ0n) is 15.5. The summed E-state index contributed by atoms with van der Waals surface area (Å²) in [5, 5.41) is 0. The van der Waals surface area contributed by atoms with Crippen molar-refractivity contribution in [3.05, 3.63) is 0 Å². The standard InChI is InChI=1S/C18H36O5/c1-5-9-11-18(7-3,17(19)22-8-4)23-16-15-21-14-13-20-12-10-6-2/h5-16H2,1-4H3. The monoisotopic (exact) mass is 332 g/mol. The molecule has 0 amide bonds. The van der Waals surface area contributed by atoms with Crippen molar-refractivity contribution in [3.8, 4) is 0 Å². The largest absolute Gasteiger partial charge is 0.464 e. The summed E-state index contributed by atoms with van der Waals surface area (Å²) < 4.78 is 22.0. The van der Waals surface area contributed by atoms with Crippen LogP contribution in [0.2, 0.25) is 0 Å². The highest BCUT2D eigenvalue weighted by atomic mass is 16.6. The van der Waals surface area contributed by atoms with Crippen LogP contribution in [0.15, 0.2) is 0 Å². The predicted octanol–water partition coefficient (Wildman–Crippen LogP) is 3.74. The Morgan fingerprint density at radius 3 is 2.00 bits per heavy atom. The van der Waals surface area contributed by atoms with Crippen molar-refractivity contribution in [2.24, 2.45) is 0 Å². The molecular weight excluding hydrogens is 296 g/mol. The minimum absolute atomic E-state index is 0.251. The van der Waals surface area contributed by atoms with Crippen molar-refractivity contribution in [1.82, 2.24) is 0 Å². The van der Waals surface area contributed by atoms with Gasteiger partial charge in [0.1, 0.15) is 0 Å². The van der Waals surface area contributed by atoms with Crippen LogP contribution in [0.4, 0.5) is 0 Å². The van der Waals surface area contributed by atoms with Crippen LogP contribution in [-0.4, -0.2) is 51.2 Å². The molecule has 0 aliphatic carbocycles. The van der Waals surface area contributed by atoms with Gasteiger partial charge in [-0.1, -0.05) is 40.0 Å². The fourth-order valence-corrected chi connectivity index (χ4v) is 2.25. The van der Waals surface area contributed by atoms with E-state index in [1.807, 2.05) is 13.8 Å². The first kappa shape index (κ1) is 22.4. The van der Waals surface area contributed by atoms with Crippen LogP contribution in [0.1, 0.15) is 66.2 Å². The summed E-state index contributed by atoms with van der Waals surface area (Å²) in [4.78, 5) is 12.3. The summed E-state index contributed by atoms with van der Waals surface area (Å²) >= 11 is 0. The number of unbranched alkanes of at least 4 members (excludes halogenated alkanes) is 2. The molecule has 0 spiro atoms. The molecule has 0 heterocycles. The van der Waals surface area contributed by atoms with Gasteiger partial charge in [-0.2, -0.15) is 0 Å². The third-order valence-corrected chi connectivity index (χ3v) is 3.77. The molecule has 0 N–H and O–H groups in total. The van der Waals surface area contributed by atoms with Crippen molar-refractivity contribution in [2.45, 2.75) is 71.8 Å². The molecular formula is C18H36O5. The number of esters is 1. The molecule has 1 atom stereocenters. The molecule has 0 aliphatic rings. The van der Waals surface area contributed by atoms with Gasteiger partial charge in [0.2, 0.25) is 0 Å². The molecule has 0 aromatic rings. The lowest BCUT2D eigenvalue weighted by Gasteiger charge is -2.30. The molecule has 0 rings (SSSR count). The van der Waals surface area contributed by atoms with Gasteiger partial charge in [0.25, 0.3) is 0 Å². The highest BCUT2D eigenvalue weighted by Crippen LogP contribution is 2.25. The maximum atomic E-state index is 12.3. The average molecular weight is 332 g/mol.